The highest BCUT2D eigenvalue weighted by Crippen LogP contribution is 2.36. The van der Waals surface area contributed by atoms with E-state index < -0.39 is 0 Å². The number of benzene rings is 1. The molecule has 2 rings (SSSR count). The maximum atomic E-state index is 9.28. The van der Waals surface area contributed by atoms with Crippen molar-refractivity contribution in [2.45, 2.75) is 0 Å². The van der Waals surface area contributed by atoms with Crippen molar-refractivity contribution in [3.05, 3.63) is 23.6 Å². The normalized spacial score (nSPS) is 10.5. The summed E-state index contributed by atoms with van der Waals surface area (Å²) in [6.45, 7) is 0. The standard InChI is InChI=1S/C8H6O2S/c9-6-3-1-2-5-7(10)4-11-8(5)6/h1-4,9-10H. The lowest BCUT2D eigenvalue weighted by molar-refractivity contribution is 0.478. The van der Waals surface area contributed by atoms with Gasteiger partial charge in [0.1, 0.15) is 11.5 Å². The number of rotatable bonds is 0. The summed E-state index contributed by atoms with van der Waals surface area (Å²) in [5.74, 6) is 0.466. The molecular formula is C8H6O2S. The quantitative estimate of drug-likeness (QED) is 0.630. The van der Waals surface area contributed by atoms with E-state index in [4.69, 9.17) is 0 Å². The van der Waals surface area contributed by atoms with Gasteiger partial charge in [-0.05, 0) is 12.1 Å². The van der Waals surface area contributed by atoms with Gasteiger partial charge in [0.15, 0.2) is 0 Å². The van der Waals surface area contributed by atoms with Crippen LogP contribution in [0.5, 0.6) is 11.5 Å². The van der Waals surface area contributed by atoms with E-state index in [-0.39, 0.29) is 11.5 Å². The summed E-state index contributed by atoms with van der Waals surface area (Å²) in [6, 6.07) is 5.10. The van der Waals surface area contributed by atoms with E-state index in [1.165, 1.54) is 11.3 Å². The molecule has 2 nitrogen and oxygen atoms in total. The number of fused-ring (bicyclic) bond motifs is 1. The number of phenolic OH excluding ortho intramolecular Hbond substituents is 1. The monoisotopic (exact) mass is 166 g/mol. The molecule has 56 valence electrons. The van der Waals surface area contributed by atoms with Crippen LogP contribution in [0.15, 0.2) is 23.6 Å². The van der Waals surface area contributed by atoms with Gasteiger partial charge in [0.2, 0.25) is 0 Å². The minimum absolute atomic E-state index is 0.229. The third-order valence-corrected chi connectivity index (χ3v) is 2.56. The van der Waals surface area contributed by atoms with Crippen LogP contribution in [0.3, 0.4) is 0 Å². The van der Waals surface area contributed by atoms with Crippen LogP contribution in [0.4, 0.5) is 0 Å². The predicted molar refractivity (Wildman–Crippen MR) is 45.2 cm³/mol. The second-order valence-electron chi connectivity index (χ2n) is 2.27. The summed E-state index contributed by atoms with van der Waals surface area (Å²) in [7, 11) is 0. The fourth-order valence-electron chi connectivity index (χ4n) is 1.03. The summed E-state index contributed by atoms with van der Waals surface area (Å²) in [5.41, 5.74) is 0. The molecule has 0 saturated heterocycles. The van der Waals surface area contributed by atoms with E-state index in [2.05, 4.69) is 0 Å². The van der Waals surface area contributed by atoms with Crippen molar-refractivity contribution in [1.29, 1.82) is 0 Å². The lowest BCUT2D eigenvalue weighted by Crippen LogP contribution is -1.64. The zero-order valence-electron chi connectivity index (χ0n) is 5.61. The van der Waals surface area contributed by atoms with Crippen LogP contribution in [0.2, 0.25) is 0 Å². The second-order valence-corrected chi connectivity index (χ2v) is 3.15. The molecule has 2 aromatic rings. The van der Waals surface area contributed by atoms with Crippen molar-refractivity contribution in [3.8, 4) is 11.5 Å². The average Bonchev–Trinajstić information content (AvgIpc) is 2.35. The fraction of sp³-hybridized carbons (Fsp3) is 0. The van der Waals surface area contributed by atoms with E-state index in [1.54, 1.807) is 23.6 Å². The van der Waals surface area contributed by atoms with Crippen LogP contribution in [-0.2, 0) is 0 Å². The Bertz CT molecular complexity index is 392. The van der Waals surface area contributed by atoms with E-state index in [9.17, 15) is 10.2 Å². The summed E-state index contributed by atoms with van der Waals surface area (Å²) in [6.07, 6.45) is 0. The van der Waals surface area contributed by atoms with Gasteiger partial charge in [-0.15, -0.1) is 11.3 Å². The topological polar surface area (TPSA) is 40.5 Å². The van der Waals surface area contributed by atoms with Crippen molar-refractivity contribution in [3.63, 3.8) is 0 Å². The zero-order valence-corrected chi connectivity index (χ0v) is 6.43. The predicted octanol–water partition coefficient (Wildman–Crippen LogP) is 2.31. The Labute approximate surface area is 67.3 Å². The van der Waals surface area contributed by atoms with E-state index in [1.807, 2.05) is 0 Å². The highest BCUT2D eigenvalue weighted by molar-refractivity contribution is 7.18. The van der Waals surface area contributed by atoms with Gasteiger partial charge in [-0.3, -0.25) is 0 Å². The van der Waals surface area contributed by atoms with Gasteiger partial charge in [-0.1, -0.05) is 6.07 Å². The van der Waals surface area contributed by atoms with Crippen molar-refractivity contribution in [2.24, 2.45) is 0 Å². The molecule has 2 N–H and O–H groups in total. The molecule has 0 aliphatic rings. The minimum Gasteiger partial charge on any atom is -0.506 e. The van der Waals surface area contributed by atoms with Crippen LogP contribution in [-0.4, -0.2) is 10.2 Å². The molecule has 0 fully saturated rings. The van der Waals surface area contributed by atoms with Crippen LogP contribution in [0.25, 0.3) is 10.1 Å². The number of phenols is 1. The molecule has 0 aliphatic heterocycles. The third kappa shape index (κ3) is 0.851. The smallest absolute Gasteiger partial charge is 0.134 e. The lowest BCUT2D eigenvalue weighted by Gasteiger charge is -1.92. The van der Waals surface area contributed by atoms with Crippen molar-refractivity contribution in [2.75, 3.05) is 0 Å². The van der Waals surface area contributed by atoms with E-state index >= 15 is 0 Å². The van der Waals surface area contributed by atoms with Gasteiger partial charge in [-0.2, -0.15) is 0 Å². The van der Waals surface area contributed by atoms with Crippen LogP contribution in [0.1, 0.15) is 0 Å². The molecule has 1 heterocycles. The Morgan fingerprint density at radius 2 is 1.91 bits per heavy atom. The molecule has 1 aromatic carbocycles. The maximum absolute atomic E-state index is 9.28. The molecular weight excluding hydrogens is 160 g/mol. The van der Waals surface area contributed by atoms with Gasteiger partial charge in [-0.25, -0.2) is 0 Å². The SMILES string of the molecule is Oc1csc2c(O)cccc12. The van der Waals surface area contributed by atoms with Gasteiger partial charge < -0.3 is 10.2 Å². The molecule has 0 amide bonds. The van der Waals surface area contributed by atoms with Gasteiger partial charge in [0.05, 0.1) is 4.70 Å². The largest absolute Gasteiger partial charge is 0.506 e. The first-order valence-electron chi connectivity index (χ1n) is 3.17. The van der Waals surface area contributed by atoms with E-state index in [0.29, 0.717) is 0 Å². The Kier molecular flexibility index (Phi) is 1.26. The first-order chi connectivity index (χ1) is 5.29. The Morgan fingerprint density at radius 1 is 1.09 bits per heavy atom. The molecule has 0 aliphatic carbocycles. The van der Waals surface area contributed by atoms with Crippen LogP contribution < -0.4 is 0 Å². The molecule has 0 atom stereocenters. The number of hydrogen-bond donors (Lipinski definition) is 2. The summed E-state index contributed by atoms with van der Waals surface area (Å²) >= 11 is 1.34. The zero-order chi connectivity index (χ0) is 7.84. The molecule has 11 heavy (non-hydrogen) atoms. The highest BCUT2D eigenvalue weighted by atomic mass is 32.1. The summed E-state index contributed by atoms with van der Waals surface area (Å²) < 4.78 is 0.741. The van der Waals surface area contributed by atoms with Crippen LogP contribution in [0, 0.1) is 0 Å². The number of aromatic hydroxyl groups is 2. The first kappa shape index (κ1) is 6.49. The summed E-state index contributed by atoms with van der Waals surface area (Å²) in [5, 5.41) is 20.9. The summed E-state index contributed by atoms with van der Waals surface area (Å²) in [4.78, 5) is 0. The van der Waals surface area contributed by atoms with Crippen molar-refractivity contribution < 1.29 is 10.2 Å². The molecule has 1 aromatic heterocycles. The van der Waals surface area contributed by atoms with Gasteiger partial charge >= 0.3 is 0 Å². The lowest BCUT2D eigenvalue weighted by atomic mass is 10.2. The molecule has 0 radical (unpaired) electrons. The first-order valence-corrected chi connectivity index (χ1v) is 4.05. The molecule has 0 bridgehead atoms. The van der Waals surface area contributed by atoms with E-state index in [0.717, 1.165) is 10.1 Å². The molecule has 0 spiro atoms. The van der Waals surface area contributed by atoms with Gasteiger partial charge in [0, 0.05) is 10.8 Å². The molecule has 3 heteroatoms. The molecule has 0 unspecified atom stereocenters. The fourth-order valence-corrected chi connectivity index (χ4v) is 1.87. The average molecular weight is 166 g/mol. The molecule has 0 saturated carbocycles. The second kappa shape index (κ2) is 2.13. The number of thiophene rings is 1. The van der Waals surface area contributed by atoms with Crippen molar-refractivity contribution >= 4 is 21.4 Å². The Morgan fingerprint density at radius 3 is 2.64 bits per heavy atom. The third-order valence-electron chi connectivity index (χ3n) is 1.56. The minimum atomic E-state index is 0.229. The Balaban J connectivity index is 2.94. The van der Waals surface area contributed by atoms with Crippen LogP contribution >= 0.6 is 11.3 Å². The highest BCUT2D eigenvalue weighted by Gasteiger charge is 2.04. The van der Waals surface area contributed by atoms with Gasteiger partial charge in [0.25, 0.3) is 0 Å². The Hall–Kier alpha value is -1.22. The number of hydrogen-bond acceptors (Lipinski definition) is 3. The maximum Gasteiger partial charge on any atom is 0.134 e. The van der Waals surface area contributed by atoms with Crippen molar-refractivity contribution in [1.82, 2.24) is 0 Å².